The van der Waals surface area contributed by atoms with Crippen molar-refractivity contribution in [1.29, 1.82) is 0 Å². The van der Waals surface area contributed by atoms with Gasteiger partial charge in [0.05, 0.1) is 26.6 Å². The summed E-state index contributed by atoms with van der Waals surface area (Å²) < 4.78 is 10.2. The number of hydrogen-bond donors (Lipinski definition) is 2. The number of nitrogens with one attached hydrogen (secondary N) is 2. The fraction of sp³-hybridized carbons (Fsp3) is 0.200. The van der Waals surface area contributed by atoms with Crippen molar-refractivity contribution >= 4 is 34.8 Å². The number of hydrogen-bond acceptors (Lipinski definition) is 8. The van der Waals surface area contributed by atoms with E-state index < -0.39 is 0 Å². The maximum atomic E-state index is 5.72. The summed E-state index contributed by atoms with van der Waals surface area (Å²) >= 11 is 11.4. The first-order valence-corrected chi connectivity index (χ1v) is 6.04. The Morgan fingerprint density at radius 2 is 1.25 bits per heavy atom. The third-order valence-corrected chi connectivity index (χ3v) is 2.55. The van der Waals surface area contributed by atoms with Crippen LogP contribution in [0.15, 0.2) is 12.4 Å². The van der Waals surface area contributed by atoms with Crippen LogP contribution in [0.1, 0.15) is 0 Å². The van der Waals surface area contributed by atoms with Crippen molar-refractivity contribution in [2.45, 2.75) is 0 Å². The van der Waals surface area contributed by atoms with Crippen LogP contribution in [0, 0.1) is 0 Å². The fourth-order valence-corrected chi connectivity index (χ4v) is 1.56. The highest BCUT2D eigenvalue weighted by Crippen LogP contribution is 2.25. The lowest BCUT2D eigenvalue weighted by Crippen LogP contribution is -2.14. The van der Waals surface area contributed by atoms with E-state index in [0.717, 1.165) is 0 Å². The largest absolute Gasteiger partial charge is 0.491 e. The molecule has 2 aromatic heterocycles. The minimum atomic E-state index is 0.0720. The Kier molecular flexibility index (Phi) is 4.59. The Bertz CT molecular complexity index is 559. The normalized spacial score (nSPS) is 10.0. The molecule has 0 atom stereocenters. The number of methoxy groups -OCH3 is 2. The molecule has 0 saturated heterocycles. The maximum absolute atomic E-state index is 5.72. The van der Waals surface area contributed by atoms with Gasteiger partial charge in [-0.05, 0) is 23.2 Å². The van der Waals surface area contributed by atoms with Crippen molar-refractivity contribution in [3.63, 3.8) is 0 Å². The van der Waals surface area contributed by atoms with E-state index in [-0.39, 0.29) is 10.6 Å². The predicted octanol–water partition coefficient (Wildman–Crippen LogP) is 2.03. The second-order valence-electron chi connectivity index (χ2n) is 3.36. The molecule has 0 radical (unpaired) electrons. The van der Waals surface area contributed by atoms with E-state index in [9.17, 15) is 0 Å². The van der Waals surface area contributed by atoms with Crippen LogP contribution in [0.5, 0.6) is 11.5 Å². The van der Waals surface area contributed by atoms with E-state index in [1.54, 1.807) is 0 Å². The quantitative estimate of drug-likeness (QED) is 0.639. The summed E-state index contributed by atoms with van der Waals surface area (Å²) in [6.45, 7) is 0. The van der Waals surface area contributed by atoms with Gasteiger partial charge in [0.15, 0.2) is 23.1 Å². The van der Waals surface area contributed by atoms with E-state index in [1.807, 2.05) is 0 Å². The van der Waals surface area contributed by atoms with Crippen molar-refractivity contribution in [3.05, 3.63) is 23.0 Å². The smallest absolute Gasteiger partial charge is 0.224 e. The third-order valence-electron chi connectivity index (χ3n) is 2.19. The molecule has 0 amide bonds. The highest BCUT2D eigenvalue weighted by molar-refractivity contribution is 6.28. The summed E-state index contributed by atoms with van der Waals surface area (Å²) in [5.74, 6) is 1.48. The summed E-state index contributed by atoms with van der Waals surface area (Å²) in [6.07, 6.45) is 2.87. The number of halogens is 2. The number of nitrogens with zero attached hydrogens (tertiary/aromatic N) is 4. The molecule has 10 heteroatoms. The Balaban J connectivity index is 2.20. The molecule has 2 aromatic rings. The van der Waals surface area contributed by atoms with Crippen LogP contribution < -0.4 is 20.3 Å². The van der Waals surface area contributed by atoms with Crippen LogP contribution >= 0.6 is 23.2 Å². The zero-order valence-corrected chi connectivity index (χ0v) is 12.0. The van der Waals surface area contributed by atoms with Gasteiger partial charge in [0.25, 0.3) is 0 Å². The van der Waals surface area contributed by atoms with Gasteiger partial charge in [-0.15, -0.1) is 0 Å². The molecule has 2 heterocycles. The summed E-state index contributed by atoms with van der Waals surface area (Å²) in [5, 5.41) is 0.144. The molecule has 0 bridgehead atoms. The van der Waals surface area contributed by atoms with Crippen molar-refractivity contribution in [2.24, 2.45) is 0 Å². The lowest BCUT2D eigenvalue weighted by molar-refractivity contribution is 0.411. The van der Waals surface area contributed by atoms with Crippen LogP contribution in [0.3, 0.4) is 0 Å². The van der Waals surface area contributed by atoms with Gasteiger partial charge in [0, 0.05) is 0 Å². The van der Waals surface area contributed by atoms with Crippen LogP contribution in [0.4, 0.5) is 11.6 Å². The SMILES string of the molecule is COc1cnc(Cl)nc1NNc1nc(Cl)ncc1OC. The molecule has 0 aliphatic carbocycles. The van der Waals surface area contributed by atoms with Gasteiger partial charge in [0.2, 0.25) is 10.6 Å². The molecule has 106 valence electrons. The number of rotatable bonds is 5. The minimum absolute atomic E-state index is 0.0720. The summed E-state index contributed by atoms with van der Waals surface area (Å²) in [5.41, 5.74) is 5.57. The molecule has 0 spiro atoms. The van der Waals surface area contributed by atoms with Crippen LogP contribution in [0.25, 0.3) is 0 Å². The summed E-state index contributed by atoms with van der Waals surface area (Å²) in [7, 11) is 2.97. The van der Waals surface area contributed by atoms with Crippen molar-refractivity contribution < 1.29 is 9.47 Å². The average Bonchev–Trinajstić information content (AvgIpc) is 2.45. The first kappa shape index (κ1) is 14.4. The zero-order valence-electron chi connectivity index (χ0n) is 10.5. The molecule has 0 aliphatic heterocycles. The number of hydrazine groups is 1. The second kappa shape index (κ2) is 6.40. The number of ether oxygens (including phenoxy) is 2. The first-order chi connectivity index (χ1) is 9.63. The third kappa shape index (κ3) is 3.28. The highest BCUT2D eigenvalue weighted by atomic mass is 35.5. The van der Waals surface area contributed by atoms with Crippen molar-refractivity contribution in [3.8, 4) is 11.5 Å². The lowest BCUT2D eigenvalue weighted by Gasteiger charge is -2.13. The predicted molar refractivity (Wildman–Crippen MR) is 74.4 cm³/mol. The van der Waals surface area contributed by atoms with Gasteiger partial charge in [-0.25, -0.2) is 9.97 Å². The zero-order chi connectivity index (χ0) is 14.5. The number of aromatic nitrogens is 4. The standard InChI is InChI=1S/C10H10Cl2N6O2/c1-19-5-3-13-9(11)15-7(5)17-18-8-6(20-2)4-14-10(12)16-8/h3-4H,1-2H3,(H,13,15,17)(H,14,16,18). The van der Waals surface area contributed by atoms with Gasteiger partial charge in [-0.2, -0.15) is 9.97 Å². The molecule has 0 saturated carbocycles. The average molecular weight is 317 g/mol. The van der Waals surface area contributed by atoms with E-state index in [4.69, 9.17) is 32.7 Å². The second-order valence-corrected chi connectivity index (χ2v) is 4.04. The van der Waals surface area contributed by atoms with Gasteiger partial charge >= 0.3 is 0 Å². The summed E-state index contributed by atoms with van der Waals surface area (Å²) in [6, 6.07) is 0. The van der Waals surface area contributed by atoms with E-state index in [1.165, 1.54) is 26.6 Å². The van der Waals surface area contributed by atoms with Crippen LogP contribution in [-0.4, -0.2) is 34.2 Å². The van der Waals surface area contributed by atoms with E-state index in [0.29, 0.717) is 23.1 Å². The van der Waals surface area contributed by atoms with Crippen molar-refractivity contribution in [1.82, 2.24) is 19.9 Å². The lowest BCUT2D eigenvalue weighted by atomic mass is 10.5. The topological polar surface area (TPSA) is 94.1 Å². The molecule has 0 aliphatic rings. The molecule has 0 unspecified atom stereocenters. The molecule has 8 nitrogen and oxygen atoms in total. The molecule has 0 aromatic carbocycles. The fourth-order valence-electron chi connectivity index (χ4n) is 1.29. The first-order valence-electron chi connectivity index (χ1n) is 5.29. The van der Waals surface area contributed by atoms with Gasteiger partial charge in [-0.3, -0.25) is 10.9 Å². The van der Waals surface area contributed by atoms with Crippen LogP contribution in [-0.2, 0) is 0 Å². The molecule has 2 rings (SSSR count). The molecular weight excluding hydrogens is 307 g/mol. The highest BCUT2D eigenvalue weighted by Gasteiger charge is 2.10. The van der Waals surface area contributed by atoms with Gasteiger partial charge in [-0.1, -0.05) is 0 Å². The Hall–Kier alpha value is -2.06. The summed E-state index contributed by atoms with van der Waals surface area (Å²) in [4.78, 5) is 15.6. The van der Waals surface area contributed by atoms with Gasteiger partial charge < -0.3 is 9.47 Å². The van der Waals surface area contributed by atoms with E-state index >= 15 is 0 Å². The Morgan fingerprint density at radius 1 is 0.850 bits per heavy atom. The molecule has 2 N–H and O–H groups in total. The van der Waals surface area contributed by atoms with Crippen molar-refractivity contribution in [2.75, 3.05) is 25.1 Å². The Morgan fingerprint density at radius 3 is 1.60 bits per heavy atom. The maximum Gasteiger partial charge on any atom is 0.224 e. The van der Waals surface area contributed by atoms with E-state index in [2.05, 4.69) is 30.8 Å². The van der Waals surface area contributed by atoms with Crippen LogP contribution in [0.2, 0.25) is 10.6 Å². The molecule has 0 fully saturated rings. The molecule has 20 heavy (non-hydrogen) atoms. The number of anilines is 2. The monoisotopic (exact) mass is 316 g/mol. The van der Waals surface area contributed by atoms with Gasteiger partial charge in [0.1, 0.15) is 0 Å². The minimum Gasteiger partial charge on any atom is -0.491 e. The Labute approximate surface area is 124 Å². The molecular formula is C10H10Cl2N6O2.